The minimum absolute atomic E-state index is 0.0315. The number of fused-ring (bicyclic) bond motifs is 1. The number of rotatable bonds is 7. The lowest BCUT2D eigenvalue weighted by Crippen LogP contribution is -2.42. The van der Waals surface area contributed by atoms with Crippen molar-refractivity contribution in [1.82, 2.24) is 20.3 Å². The number of carbonyl (C=O) groups excluding carboxylic acids is 1. The summed E-state index contributed by atoms with van der Waals surface area (Å²) < 4.78 is 27.0. The zero-order chi connectivity index (χ0) is 27.5. The van der Waals surface area contributed by atoms with Crippen molar-refractivity contribution < 1.29 is 13.6 Å². The second-order valence-electron chi connectivity index (χ2n) is 9.32. The van der Waals surface area contributed by atoms with Gasteiger partial charge in [0.25, 0.3) is 5.91 Å². The molecule has 198 valence electrons. The van der Waals surface area contributed by atoms with Gasteiger partial charge >= 0.3 is 0 Å². The standard InChI is InChI=1S/C27H25F2N9O/c1-15(18-6-7-21(28)22(29)10-18)36-27(39)23-26(33-13-19(11-30)37-23)32-12-16-2-4-17(5-3-16)20-8-9-38-24(20)25(31)34-14-35-38/h2-7,10,13-15,20,24H,8-9,12H2,1H3,(H,32,33)(H,36,39)(H2,31,34,35)/t15-,20?,24?/m0/s1. The summed E-state index contributed by atoms with van der Waals surface area (Å²) in [6, 6.07) is 12.6. The second kappa shape index (κ2) is 10.8. The van der Waals surface area contributed by atoms with E-state index in [2.05, 4.69) is 30.7 Å². The molecule has 5 rings (SSSR count). The number of amidine groups is 1. The second-order valence-corrected chi connectivity index (χ2v) is 9.32. The van der Waals surface area contributed by atoms with Gasteiger partial charge in [-0.05, 0) is 42.2 Å². The first-order chi connectivity index (χ1) is 18.8. The van der Waals surface area contributed by atoms with Gasteiger partial charge in [0.1, 0.15) is 24.3 Å². The van der Waals surface area contributed by atoms with Gasteiger partial charge in [-0.25, -0.2) is 23.7 Å². The number of amides is 1. The van der Waals surface area contributed by atoms with Crippen molar-refractivity contribution in [2.75, 3.05) is 11.9 Å². The fourth-order valence-corrected chi connectivity index (χ4v) is 4.78. The SMILES string of the molecule is C[C@H](NC(=O)c1nc(C#N)cnc1NCc1ccc(C2CCN3N=CN=C(N)C23)cc1)c1ccc(F)c(F)c1. The lowest BCUT2D eigenvalue weighted by molar-refractivity contribution is 0.0935. The highest BCUT2D eigenvalue weighted by molar-refractivity contribution is 5.97. The van der Waals surface area contributed by atoms with Crippen LogP contribution in [0.3, 0.4) is 0 Å². The van der Waals surface area contributed by atoms with E-state index >= 15 is 0 Å². The molecule has 2 aliphatic heterocycles. The highest BCUT2D eigenvalue weighted by Gasteiger charge is 2.38. The number of nitrogens with one attached hydrogen (secondary N) is 2. The Hall–Kier alpha value is -4.92. The van der Waals surface area contributed by atoms with Gasteiger partial charge in [0.05, 0.1) is 12.2 Å². The van der Waals surface area contributed by atoms with Gasteiger partial charge in [0.2, 0.25) is 0 Å². The molecular formula is C27H25F2N9O. The number of halogens is 2. The molecule has 3 heterocycles. The van der Waals surface area contributed by atoms with E-state index in [0.29, 0.717) is 17.9 Å². The fourth-order valence-electron chi connectivity index (χ4n) is 4.78. The van der Waals surface area contributed by atoms with Crippen LogP contribution < -0.4 is 16.4 Å². The predicted octanol–water partition coefficient (Wildman–Crippen LogP) is 3.20. The number of nitrogens with zero attached hydrogens (tertiary/aromatic N) is 6. The molecule has 1 amide bonds. The Morgan fingerprint density at radius 2 is 2.03 bits per heavy atom. The lowest BCUT2D eigenvalue weighted by atomic mass is 9.90. The Morgan fingerprint density at radius 3 is 2.77 bits per heavy atom. The molecule has 0 spiro atoms. The van der Waals surface area contributed by atoms with Gasteiger partial charge < -0.3 is 16.4 Å². The molecule has 0 aliphatic carbocycles. The van der Waals surface area contributed by atoms with Crippen LogP contribution in [0, 0.1) is 23.0 Å². The third kappa shape index (κ3) is 5.38. The van der Waals surface area contributed by atoms with E-state index < -0.39 is 23.6 Å². The van der Waals surface area contributed by atoms with Crippen LogP contribution in [0.25, 0.3) is 0 Å². The van der Waals surface area contributed by atoms with E-state index in [9.17, 15) is 18.8 Å². The molecule has 1 aromatic heterocycles. The molecule has 1 saturated heterocycles. The van der Waals surface area contributed by atoms with E-state index in [1.165, 1.54) is 18.6 Å². The Kier molecular flexibility index (Phi) is 7.14. The maximum absolute atomic E-state index is 13.7. The smallest absolute Gasteiger partial charge is 0.274 e. The molecular weight excluding hydrogens is 504 g/mol. The monoisotopic (exact) mass is 529 g/mol. The van der Waals surface area contributed by atoms with Crippen LogP contribution in [-0.4, -0.2) is 45.6 Å². The number of hydrazone groups is 1. The quantitative estimate of drug-likeness (QED) is 0.426. The fraction of sp³-hybridized carbons (Fsp3) is 0.259. The lowest BCUT2D eigenvalue weighted by Gasteiger charge is -2.27. The molecule has 2 aromatic carbocycles. The van der Waals surface area contributed by atoms with Crippen LogP contribution >= 0.6 is 0 Å². The number of benzene rings is 2. The van der Waals surface area contributed by atoms with Crippen LogP contribution in [0.5, 0.6) is 0 Å². The Morgan fingerprint density at radius 1 is 1.23 bits per heavy atom. The largest absolute Gasteiger partial charge is 0.385 e. The van der Waals surface area contributed by atoms with E-state index in [1.807, 2.05) is 35.3 Å². The number of aromatic nitrogens is 2. The van der Waals surface area contributed by atoms with Crippen molar-refractivity contribution in [2.45, 2.75) is 37.9 Å². The number of hydrogen-bond acceptors (Lipinski definition) is 9. The predicted molar refractivity (Wildman–Crippen MR) is 141 cm³/mol. The van der Waals surface area contributed by atoms with Gasteiger partial charge in [-0.3, -0.25) is 9.80 Å². The Balaban J connectivity index is 1.28. The van der Waals surface area contributed by atoms with Gasteiger partial charge in [-0.2, -0.15) is 10.4 Å². The van der Waals surface area contributed by atoms with Crippen molar-refractivity contribution >= 4 is 23.9 Å². The van der Waals surface area contributed by atoms with Crippen molar-refractivity contribution in [1.29, 1.82) is 5.26 Å². The summed E-state index contributed by atoms with van der Waals surface area (Å²) in [5, 5.41) is 21.3. The first kappa shape index (κ1) is 25.7. The molecule has 2 aliphatic rings. The third-order valence-corrected chi connectivity index (χ3v) is 6.84. The molecule has 1 fully saturated rings. The number of anilines is 1. The average molecular weight is 530 g/mol. The molecule has 0 bridgehead atoms. The minimum Gasteiger partial charge on any atom is -0.385 e. The molecule has 12 heteroatoms. The molecule has 0 saturated carbocycles. The van der Waals surface area contributed by atoms with E-state index in [4.69, 9.17) is 5.73 Å². The molecule has 3 atom stereocenters. The normalized spacial score (nSPS) is 18.6. The molecule has 39 heavy (non-hydrogen) atoms. The highest BCUT2D eigenvalue weighted by atomic mass is 19.2. The van der Waals surface area contributed by atoms with Gasteiger partial charge in [-0.1, -0.05) is 30.3 Å². The summed E-state index contributed by atoms with van der Waals surface area (Å²) in [6.07, 6.45) is 3.66. The van der Waals surface area contributed by atoms with Crippen molar-refractivity contribution in [2.24, 2.45) is 15.8 Å². The van der Waals surface area contributed by atoms with E-state index in [-0.39, 0.29) is 29.2 Å². The number of aliphatic imine (C=N–C) groups is 1. The average Bonchev–Trinajstić information content (AvgIpc) is 3.39. The van der Waals surface area contributed by atoms with Crippen LogP contribution in [0.2, 0.25) is 0 Å². The Labute approximate surface area is 223 Å². The molecule has 4 N–H and O–H groups in total. The molecule has 10 nitrogen and oxygen atoms in total. The first-order valence-electron chi connectivity index (χ1n) is 12.3. The summed E-state index contributed by atoms with van der Waals surface area (Å²) in [7, 11) is 0. The van der Waals surface area contributed by atoms with Crippen LogP contribution in [0.4, 0.5) is 14.6 Å². The zero-order valence-electron chi connectivity index (χ0n) is 21.0. The zero-order valence-corrected chi connectivity index (χ0v) is 21.0. The highest BCUT2D eigenvalue weighted by Crippen LogP contribution is 2.35. The van der Waals surface area contributed by atoms with Crippen LogP contribution in [0.1, 0.15) is 58.2 Å². The van der Waals surface area contributed by atoms with Crippen molar-refractivity contribution in [3.8, 4) is 6.07 Å². The number of hydrogen-bond donors (Lipinski definition) is 3. The van der Waals surface area contributed by atoms with Gasteiger partial charge in [-0.15, -0.1) is 0 Å². The number of nitrogens with two attached hydrogens (primary N) is 1. The summed E-state index contributed by atoms with van der Waals surface area (Å²) in [6.45, 7) is 2.78. The topological polar surface area (TPSA) is 145 Å². The number of nitriles is 1. The first-order valence-corrected chi connectivity index (χ1v) is 12.3. The summed E-state index contributed by atoms with van der Waals surface area (Å²) >= 11 is 0. The molecule has 3 aromatic rings. The van der Waals surface area contributed by atoms with Crippen LogP contribution in [0.15, 0.2) is 58.8 Å². The van der Waals surface area contributed by atoms with Crippen LogP contribution in [-0.2, 0) is 6.54 Å². The maximum atomic E-state index is 13.7. The van der Waals surface area contributed by atoms with E-state index in [0.717, 1.165) is 36.2 Å². The van der Waals surface area contributed by atoms with Crippen molar-refractivity contribution in [3.63, 3.8) is 0 Å². The Bertz CT molecular complexity index is 1500. The van der Waals surface area contributed by atoms with Gasteiger partial charge in [0.15, 0.2) is 28.8 Å². The third-order valence-electron chi connectivity index (χ3n) is 6.84. The molecule has 2 unspecified atom stereocenters. The summed E-state index contributed by atoms with van der Waals surface area (Å²) in [5.74, 6) is -1.68. The maximum Gasteiger partial charge on any atom is 0.274 e. The molecule has 0 radical (unpaired) electrons. The summed E-state index contributed by atoms with van der Waals surface area (Å²) in [5.41, 5.74) is 8.46. The minimum atomic E-state index is -1.01. The van der Waals surface area contributed by atoms with E-state index in [1.54, 1.807) is 6.92 Å². The van der Waals surface area contributed by atoms with Crippen molar-refractivity contribution in [3.05, 3.63) is 88.4 Å². The summed E-state index contributed by atoms with van der Waals surface area (Å²) in [4.78, 5) is 25.5. The van der Waals surface area contributed by atoms with Gasteiger partial charge in [0, 0.05) is 19.0 Å². The number of carbonyl (C=O) groups is 1.